The fourth-order valence-corrected chi connectivity index (χ4v) is 11.2. The zero-order valence-electron chi connectivity index (χ0n) is 27.5. The van der Waals surface area contributed by atoms with Crippen molar-refractivity contribution in [3.63, 3.8) is 0 Å². The lowest BCUT2D eigenvalue weighted by Crippen LogP contribution is -2.28. The Morgan fingerprint density at radius 3 is 1.55 bits per heavy atom. The van der Waals surface area contributed by atoms with E-state index in [2.05, 4.69) is 13.2 Å². The van der Waals surface area contributed by atoms with Crippen molar-refractivity contribution in [1.29, 1.82) is 0 Å². The van der Waals surface area contributed by atoms with Crippen molar-refractivity contribution >= 4 is 23.9 Å². The van der Waals surface area contributed by atoms with Gasteiger partial charge < -0.3 is 18.9 Å². The van der Waals surface area contributed by atoms with Crippen LogP contribution < -0.4 is 0 Å². The van der Waals surface area contributed by atoms with Crippen molar-refractivity contribution in [2.75, 3.05) is 26.4 Å². The Morgan fingerprint density at radius 2 is 1.06 bits per heavy atom. The van der Waals surface area contributed by atoms with Crippen LogP contribution >= 0.6 is 0 Å². The zero-order chi connectivity index (χ0) is 32.8. The van der Waals surface area contributed by atoms with Gasteiger partial charge in [0.05, 0.1) is 37.6 Å². The molecule has 7 rings (SSSR count). The number of esters is 4. The normalized spacial score (nSPS) is 37.2. The molecule has 0 radical (unpaired) electrons. The van der Waals surface area contributed by atoms with E-state index in [0.717, 1.165) is 38.5 Å². The van der Waals surface area contributed by atoms with Crippen LogP contribution in [-0.2, 0) is 28.5 Å². The van der Waals surface area contributed by atoms with Crippen LogP contribution in [0.3, 0.4) is 0 Å². The molecule has 0 N–H and O–H groups in total. The van der Waals surface area contributed by atoms with Gasteiger partial charge in [-0.15, -0.1) is 0 Å². The van der Waals surface area contributed by atoms with Gasteiger partial charge in [0, 0.05) is 11.6 Å². The van der Waals surface area contributed by atoms with Crippen LogP contribution in [0.15, 0.2) is 49.1 Å². The Bertz CT molecular complexity index is 1410. The van der Waals surface area contributed by atoms with Crippen LogP contribution in [0.5, 0.6) is 0 Å². The molecule has 0 aliphatic heterocycles. The van der Waals surface area contributed by atoms with E-state index in [9.17, 15) is 19.2 Å². The standard InChI is InChI=1S/C39H48O8/c1-4-36(40)44-17-22-9-30-27-14-29(33(16-27)34(30)11-22)20-47-39(43)25-7-5-24(6-8-25)38(42)45-18-23-10-31-26-13-28(19-46-37(41)21(2)3)32(15-26)35(31)12-23/h4-8,22-23,26-35H,1-2,9-20H2,3H3. The van der Waals surface area contributed by atoms with Gasteiger partial charge in [-0.3, -0.25) is 0 Å². The molecule has 8 heteroatoms. The molecule has 0 heterocycles. The molecule has 12 atom stereocenters. The van der Waals surface area contributed by atoms with Crippen molar-refractivity contribution in [2.24, 2.45) is 71.0 Å². The summed E-state index contributed by atoms with van der Waals surface area (Å²) in [5.41, 5.74) is 1.32. The van der Waals surface area contributed by atoms with Crippen LogP contribution in [0.1, 0.15) is 79.0 Å². The molecule has 0 saturated heterocycles. The Balaban J connectivity index is 0.833. The summed E-state index contributed by atoms with van der Waals surface area (Å²) in [7, 11) is 0. The van der Waals surface area contributed by atoms with Crippen LogP contribution in [-0.4, -0.2) is 50.3 Å². The Kier molecular flexibility index (Phi) is 9.05. The smallest absolute Gasteiger partial charge is 0.338 e. The van der Waals surface area contributed by atoms with Gasteiger partial charge in [-0.05, 0) is 154 Å². The van der Waals surface area contributed by atoms with Crippen molar-refractivity contribution in [3.8, 4) is 0 Å². The van der Waals surface area contributed by atoms with E-state index in [0.29, 0.717) is 114 Å². The number of carbonyl (C=O) groups excluding carboxylic acids is 4. The van der Waals surface area contributed by atoms with Gasteiger partial charge in [-0.25, -0.2) is 19.2 Å². The number of hydrogen-bond donors (Lipinski definition) is 0. The maximum atomic E-state index is 12.9. The first-order valence-corrected chi connectivity index (χ1v) is 17.7. The third-order valence-electron chi connectivity index (χ3n) is 13.0. The first-order valence-electron chi connectivity index (χ1n) is 17.7. The monoisotopic (exact) mass is 644 g/mol. The van der Waals surface area contributed by atoms with E-state index in [4.69, 9.17) is 18.9 Å². The van der Waals surface area contributed by atoms with E-state index < -0.39 is 0 Å². The molecule has 6 aliphatic carbocycles. The average Bonchev–Trinajstić information content (AvgIpc) is 3.91. The lowest BCUT2D eigenvalue weighted by atomic mass is 9.76. The number of hydrogen-bond acceptors (Lipinski definition) is 8. The molecular weight excluding hydrogens is 596 g/mol. The largest absolute Gasteiger partial charge is 0.462 e. The Morgan fingerprint density at radius 1 is 0.617 bits per heavy atom. The summed E-state index contributed by atoms with van der Waals surface area (Å²) in [6, 6.07) is 6.61. The summed E-state index contributed by atoms with van der Waals surface area (Å²) in [5.74, 6) is 5.37. The molecule has 6 saturated carbocycles. The fraction of sp³-hybridized carbons (Fsp3) is 0.641. The minimum Gasteiger partial charge on any atom is -0.462 e. The van der Waals surface area contributed by atoms with E-state index in [1.807, 2.05) is 0 Å². The van der Waals surface area contributed by atoms with Gasteiger partial charge in [0.2, 0.25) is 0 Å². The quantitative estimate of drug-likeness (QED) is 0.145. The lowest BCUT2D eigenvalue weighted by molar-refractivity contribution is -0.141. The fourth-order valence-electron chi connectivity index (χ4n) is 11.2. The van der Waals surface area contributed by atoms with Gasteiger partial charge in [0.1, 0.15) is 0 Å². The predicted octanol–water partition coefficient (Wildman–Crippen LogP) is 6.45. The second-order valence-electron chi connectivity index (χ2n) is 15.6. The lowest BCUT2D eigenvalue weighted by Gasteiger charge is -2.31. The molecule has 47 heavy (non-hydrogen) atoms. The van der Waals surface area contributed by atoms with Gasteiger partial charge in [0.15, 0.2) is 0 Å². The van der Waals surface area contributed by atoms with Crippen LogP contribution in [0.4, 0.5) is 0 Å². The first kappa shape index (κ1) is 32.1. The maximum absolute atomic E-state index is 12.9. The third kappa shape index (κ3) is 6.41. The topological polar surface area (TPSA) is 105 Å². The van der Waals surface area contributed by atoms with E-state index in [1.165, 1.54) is 18.9 Å². The highest BCUT2D eigenvalue weighted by Crippen LogP contribution is 2.63. The highest BCUT2D eigenvalue weighted by Gasteiger charge is 2.57. The van der Waals surface area contributed by atoms with Crippen molar-refractivity contribution in [2.45, 2.75) is 58.3 Å². The summed E-state index contributed by atoms with van der Waals surface area (Å²) >= 11 is 0. The van der Waals surface area contributed by atoms with Gasteiger partial charge in [-0.2, -0.15) is 0 Å². The van der Waals surface area contributed by atoms with Crippen LogP contribution in [0.2, 0.25) is 0 Å². The third-order valence-corrected chi connectivity index (χ3v) is 13.0. The molecule has 252 valence electrons. The predicted molar refractivity (Wildman–Crippen MR) is 173 cm³/mol. The molecule has 4 bridgehead atoms. The molecule has 6 aliphatic rings. The highest BCUT2D eigenvalue weighted by atomic mass is 16.5. The zero-order valence-corrected chi connectivity index (χ0v) is 27.5. The van der Waals surface area contributed by atoms with E-state index in [1.54, 1.807) is 31.2 Å². The van der Waals surface area contributed by atoms with Gasteiger partial charge in [-0.1, -0.05) is 13.2 Å². The Hall–Kier alpha value is -3.42. The summed E-state index contributed by atoms with van der Waals surface area (Å²) in [4.78, 5) is 49.1. The number of carbonyl (C=O) groups is 4. The van der Waals surface area contributed by atoms with Crippen molar-refractivity contribution in [1.82, 2.24) is 0 Å². The minimum absolute atomic E-state index is 0.301. The molecule has 12 unspecified atom stereocenters. The molecule has 0 amide bonds. The van der Waals surface area contributed by atoms with E-state index >= 15 is 0 Å². The van der Waals surface area contributed by atoms with Crippen LogP contribution in [0, 0.1) is 71.0 Å². The molecule has 0 spiro atoms. The summed E-state index contributed by atoms with van der Waals surface area (Å²) in [6.07, 6.45) is 10.2. The van der Waals surface area contributed by atoms with Gasteiger partial charge in [0.25, 0.3) is 0 Å². The summed E-state index contributed by atoms with van der Waals surface area (Å²) < 4.78 is 22.4. The molecule has 1 aromatic carbocycles. The molecule has 1 aromatic rings. The Labute approximate surface area is 277 Å². The molecule has 6 fully saturated rings. The molecule has 8 nitrogen and oxygen atoms in total. The van der Waals surface area contributed by atoms with E-state index in [-0.39, 0.29) is 23.9 Å². The van der Waals surface area contributed by atoms with Gasteiger partial charge >= 0.3 is 23.9 Å². The number of ether oxygens (including phenoxy) is 4. The minimum atomic E-state index is -0.361. The number of fused-ring (bicyclic) bond motifs is 10. The van der Waals surface area contributed by atoms with Crippen molar-refractivity contribution in [3.05, 3.63) is 60.2 Å². The average molecular weight is 645 g/mol. The molecular formula is C39H48O8. The second kappa shape index (κ2) is 13.2. The highest BCUT2D eigenvalue weighted by molar-refractivity contribution is 5.93. The maximum Gasteiger partial charge on any atom is 0.338 e. The molecule has 0 aromatic heterocycles. The SMILES string of the molecule is C=CC(=O)OCC1CC2C3CC(COC(=O)c4ccc(C(=O)OCC5CC6C7CC(COC(=O)C(=C)C)C(C7)C6C5)cc4)C(C3)C2C1. The van der Waals surface area contributed by atoms with Crippen LogP contribution in [0.25, 0.3) is 0 Å². The number of benzene rings is 1. The second-order valence-corrected chi connectivity index (χ2v) is 15.6. The van der Waals surface area contributed by atoms with Crippen molar-refractivity contribution < 1.29 is 38.1 Å². The summed E-state index contributed by atoms with van der Waals surface area (Å²) in [6.45, 7) is 10.6. The number of rotatable bonds is 12. The first-order chi connectivity index (χ1) is 22.7. The summed E-state index contributed by atoms with van der Waals surface area (Å²) in [5, 5.41) is 0.